The van der Waals surface area contributed by atoms with Crippen LogP contribution in [0.15, 0.2) is 48.6 Å². The van der Waals surface area contributed by atoms with E-state index in [4.69, 9.17) is 9.05 Å². The Balaban J connectivity index is 4.45. The van der Waals surface area contributed by atoms with Crippen LogP contribution in [0.5, 0.6) is 0 Å². The highest BCUT2D eigenvalue weighted by atomic mass is 31.2. The van der Waals surface area contributed by atoms with Crippen LogP contribution in [-0.2, 0) is 18.4 Å². The standard InChI is InChI=1S/C45H85N2O6P/c1-6-8-10-12-14-16-18-20-21-22-23-24-25-27-28-30-32-34-36-38-44(48)43(42-53-54(50,51)52-41-40-47(3,4)5)46-45(49)39-37-35-33-31-29-26-19-17-15-13-11-9-7-2/h9,11,15,17,26,29,36,38,43-44,48H,6-8,10,12-14,16,18-25,27-28,30-35,37,39-42H2,1-5H3,(H-,46,49,50,51)/p+1/b11-9-,17-15-,29-26-,38-36+. The lowest BCUT2D eigenvalue weighted by atomic mass is 10.0. The van der Waals surface area contributed by atoms with Gasteiger partial charge in [0.15, 0.2) is 0 Å². The van der Waals surface area contributed by atoms with Gasteiger partial charge in [0.1, 0.15) is 13.2 Å². The normalized spacial score (nSPS) is 14.9. The van der Waals surface area contributed by atoms with Gasteiger partial charge in [-0.3, -0.25) is 13.8 Å². The average Bonchev–Trinajstić information content (AvgIpc) is 3.12. The number of allylic oxidation sites excluding steroid dienone is 7. The lowest BCUT2D eigenvalue weighted by Gasteiger charge is -2.25. The second kappa shape index (κ2) is 37.1. The molecule has 0 bridgehead atoms. The third-order valence-electron chi connectivity index (χ3n) is 9.55. The van der Waals surface area contributed by atoms with Gasteiger partial charge >= 0.3 is 7.82 Å². The van der Waals surface area contributed by atoms with Crippen LogP contribution in [-0.4, -0.2) is 73.4 Å². The van der Waals surface area contributed by atoms with Crippen LogP contribution in [0.25, 0.3) is 0 Å². The maximum Gasteiger partial charge on any atom is 0.472 e. The zero-order valence-corrected chi connectivity index (χ0v) is 36.6. The van der Waals surface area contributed by atoms with Crippen molar-refractivity contribution in [1.82, 2.24) is 5.32 Å². The molecule has 0 saturated carbocycles. The monoisotopic (exact) mass is 782 g/mol. The Bertz CT molecular complexity index is 1020. The first-order chi connectivity index (χ1) is 26.0. The van der Waals surface area contributed by atoms with Gasteiger partial charge in [0.05, 0.1) is 39.9 Å². The molecule has 0 radical (unpaired) electrons. The number of phosphoric ester groups is 1. The lowest BCUT2D eigenvalue weighted by molar-refractivity contribution is -0.870. The van der Waals surface area contributed by atoms with Crippen LogP contribution in [0.3, 0.4) is 0 Å². The molecule has 0 aromatic rings. The quantitative estimate of drug-likeness (QED) is 0.0248. The highest BCUT2D eigenvalue weighted by Crippen LogP contribution is 2.43. The van der Waals surface area contributed by atoms with Crippen LogP contribution >= 0.6 is 7.82 Å². The van der Waals surface area contributed by atoms with E-state index in [2.05, 4.69) is 55.6 Å². The Kier molecular flexibility index (Phi) is 36.0. The molecule has 316 valence electrons. The molecule has 3 atom stereocenters. The van der Waals surface area contributed by atoms with Gasteiger partial charge in [0.2, 0.25) is 5.91 Å². The second-order valence-electron chi connectivity index (χ2n) is 16.0. The molecule has 0 aromatic carbocycles. The largest absolute Gasteiger partial charge is 0.472 e. The molecule has 0 heterocycles. The summed E-state index contributed by atoms with van der Waals surface area (Å²) in [5.41, 5.74) is 0. The van der Waals surface area contributed by atoms with Crippen molar-refractivity contribution in [3.05, 3.63) is 48.6 Å². The molecule has 0 fully saturated rings. The van der Waals surface area contributed by atoms with Gasteiger partial charge in [-0.15, -0.1) is 0 Å². The maximum atomic E-state index is 12.8. The Labute approximate surface area is 333 Å². The van der Waals surface area contributed by atoms with Gasteiger partial charge in [-0.2, -0.15) is 0 Å². The summed E-state index contributed by atoms with van der Waals surface area (Å²) in [6.45, 7) is 4.67. The zero-order chi connectivity index (χ0) is 40.0. The minimum atomic E-state index is -4.34. The van der Waals surface area contributed by atoms with E-state index in [1.807, 2.05) is 27.2 Å². The summed E-state index contributed by atoms with van der Waals surface area (Å²) in [6.07, 6.45) is 46.1. The predicted molar refractivity (Wildman–Crippen MR) is 231 cm³/mol. The summed E-state index contributed by atoms with van der Waals surface area (Å²) in [4.78, 5) is 23.1. The van der Waals surface area contributed by atoms with Gasteiger partial charge in [-0.05, 0) is 51.4 Å². The summed E-state index contributed by atoms with van der Waals surface area (Å²) in [7, 11) is 1.55. The van der Waals surface area contributed by atoms with E-state index in [9.17, 15) is 19.4 Å². The Morgan fingerprint density at radius 3 is 1.63 bits per heavy atom. The highest BCUT2D eigenvalue weighted by Gasteiger charge is 2.27. The van der Waals surface area contributed by atoms with Crippen LogP contribution in [0.1, 0.15) is 181 Å². The van der Waals surface area contributed by atoms with Crippen molar-refractivity contribution in [3.63, 3.8) is 0 Å². The van der Waals surface area contributed by atoms with Crippen LogP contribution in [0.4, 0.5) is 0 Å². The SMILES string of the molecule is CC/C=C\C/C=C\C/C=C\CCCCCC(=O)NC(COP(=O)(O)OCC[N+](C)(C)C)C(O)/C=C/CCCCCCCCCCCCCCCCCCC. The number of amides is 1. The van der Waals surface area contributed by atoms with Gasteiger partial charge < -0.3 is 19.8 Å². The van der Waals surface area contributed by atoms with Gasteiger partial charge in [-0.25, -0.2) is 4.57 Å². The predicted octanol–water partition coefficient (Wildman–Crippen LogP) is 12.1. The van der Waals surface area contributed by atoms with Gasteiger partial charge in [-0.1, -0.05) is 172 Å². The number of aliphatic hydroxyl groups is 1. The number of quaternary nitrogens is 1. The number of rotatable bonds is 39. The van der Waals surface area contributed by atoms with Crippen LogP contribution in [0, 0.1) is 0 Å². The van der Waals surface area contributed by atoms with E-state index in [1.165, 1.54) is 96.3 Å². The first-order valence-electron chi connectivity index (χ1n) is 22.0. The third-order valence-corrected chi connectivity index (χ3v) is 10.5. The molecule has 8 nitrogen and oxygen atoms in total. The van der Waals surface area contributed by atoms with Crippen molar-refractivity contribution in [3.8, 4) is 0 Å². The lowest BCUT2D eigenvalue weighted by Crippen LogP contribution is -2.45. The number of unbranched alkanes of at least 4 members (excludes halogenated alkanes) is 20. The Hall–Kier alpha value is -1.54. The maximum absolute atomic E-state index is 12.8. The first-order valence-corrected chi connectivity index (χ1v) is 23.5. The molecule has 0 aliphatic rings. The number of carbonyl (C=O) groups excluding carboxylic acids is 1. The number of aliphatic hydroxyl groups excluding tert-OH is 1. The highest BCUT2D eigenvalue weighted by molar-refractivity contribution is 7.47. The fraction of sp³-hybridized carbons (Fsp3) is 0.800. The van der Waals surface area contributed by atoms with E-state index in [0.717, 1.165) is 64.2 Å². The zero-order valence-electron chi connectivity index (χ0n) is 35.7. The number of hydrogen-bond acceptors (Lipinski definition) is 5. The Morgan fingerprint density at radius 1 is 0.648 bits per heavy atom. The molecular formula is C45H86N2O6P+. The fourth-order valence-corrected chi connectivity index (χ4v) is 6.79. The summed E-state index contributed by atoms with van der Waals surface area (Å²) >= 11 is 0. The molecule has 0 saturated heterocycles. The average molecular weight is 782 g/mol. The number of carbonyl (C=O) groups is 1. The number of nitrogens with zero attached hydrogens (tertiary/aromatic N) is 1. The smallest absolute Gasteiger partial charge is 0.387 e. The van der Waals surface area contributed by atoms with Crippen molar-refractivity contribution >= 4 is 13.7 Å². The summed E-state index contributed by atoms with van der Waals surface area (Å²) in [5.74, 6) is -0.208. The number of likely N-dealkylation sites (N-methyl/N-ethyl adjacent to an activating group) is 1. The summed E-state index contributed by atoms with van der Waals surface area (Å²) < 4.78 is 23.5. The molecule has 3 N–H and O–H groups in total. The van der Waals surface area contributed by atoms with E-state index in [-0.39, 0.29) is 19.1 Å². The van der Waals surface area contributed by atoms with Crippen molar-refractivity contribution in [2.45, 2.75) is 193 Å². The molecule has 0 rings (SSSR count). The van der Waals surface area contributed by atoms with E-state index < -0.39 is 20.0 Å². The molecule has 0 aromatic heterocycles. The molecule has 0 aliphatic heterocycles. The molecule has 0 spiro atoms. The van der Waals surface area contributed by atoms with Gasteiger partial charge in [0, 0.05) is 6.42 Å². The molecule has 3 unspecified atom stereocenters. The minimum Gasteiger partial charge on any atom is -0.387 e. The second-order valence-corrected chi connectivity index (χ2v) is 17.5. The van der Waals surface area contributed by atoms with E-state index in [1.54, 1.807) is 6.08 Å². The Morgan fingerprint density at radius 2 is 1.11 bits per heavy atom. The van der Waals surface area contributed by atoms with Crippen LogP contribution in [0.2, 0.25) is 0 Å². The third kappa shape index (κ3) is 38.7. The number of hydrogen-bond donors (Lipinski definition) is 3. The first kappa shape index (κ1) is 52.5. The molecule has 9 heteroatoms. The van der Waals surface area contributed by atoms with Crippen molar-refractivity contribution in [2.24, 2.45) is 0 Å². The summed E-state index contributed by atoms with van der Waals surface area (Å²) in [5, 5.41) is 13.8. The van der Waals surface area contributed by atoms with Crippen LogP contribution < -0.4 is 5.32 Å². The topological polar surface area (TPSA) is 105 Å². The van der Waals surface area contributed by atoms with E-state index >= 15 is 0 Å². The molecule has 1 amide bonds. The van der Waals surface area contributed by atoms with Gasteiger partial charge in [0.25, 0.3) is 0 Å². The van der Waals surface area contributed by atoms with Crippen molar-refractivity contribution in [2.75, 3.05) is 40.9 Å². The van der Waals surface area contributed by atoms with E-state index in [0.29, 0.717) is 17.4 Å². The molecular weight excluding hydrogens is 695 g/mol. The fourth-order valence-electron chi connectivity index (χ4n) is 6.05. The number of nitrogens with one attached hydrogen (secondary N) is 1. The molecule has 0 aliphatic carbocycles. The molecule has 54 heavy (non-hydrogen) atoms. The minimum absolute atomic E-state index is 0.0542. The van der Waals surface area contributed by atoms with Crippen molar-refractivity contribution in [1.29, 1.82) is 0 Å². The number of phosphoric acid groups is 1. The summed E-state index contributed by atoms with van der Waals surface area (Å²) in [6, 6.07) is -0.861. The van der Waals surface area contributed by atoms with Crippen molar-refractivity contribution < 1.29 is 32.9 Å².